The van der Waals surface area contributed by atoms with Crippen LogP contribution in [-0.2, 0) is 9.59 Å². The zero-order valence-electron chi connectivity index (χ0n) is 13.9. The molecule has 7 heteroatoms. The van der Waals surface area contributed by atoms with Crippen molar-refractivity contribution >= 4 is 29.0 Å². The smallest absolute Gasteiger partial charge is 0.277 e. The molecule has 0 aliphatic carbocycles. The van der Waals surface area contributed by atoms with E-state index >= 15 is 0 Å². The number of carbonyl (C=O) groups excluding carboxylic acids is 2. The molecule has 1 aromatic heterocycles. The number of nitriles is 1. The monoisotopic (exact) mass is 335 g/mol. The number of hydrogen-bond acceptors (Lipinski definition) is 6. The number of imide groups is 1. The third kappa shape index (κ3) is 4.42. The van der Waals surface area contributed by atoms with Crippen molar-refractivity contribution in [3.63, 3.8) is 0 Å². The number of nitrogens with one attached hydrogen (secondary N) is 1. The van der Waals surface area contributed by atoms with Crippen LogP contribution in [0.25, 0.3) is 0 Å². The highest BCUT2D eigenvalue weighted by Crippen LogP contribution is 2.19. The number of amides is 2. The summed E-state index contributed by atoms with van der Waals surface area (Å²) in [6, 6.07) is 11.6. The maximum absolute atomic E-state index is 12.6. The molecular weight excluding hydrogens is 318 g/mol. The van der Waals surface area contributed by atoms with E-state index < -0.39 is 11.8 Å². The number of rotatable bonds is 4. The number of carbonyl (C=O) groups is 2. The number of benzene rings is 1. The number of anilines is 3. The number of nitrogens with zero attached hydrogens (tertiary/aromatic N) is 3. The maximum atomic E-state index is 12.6. The molecule has 0 unspecified atom stereocenters. The number of hydrogen-bond donors (Lipinski definition) is 2. The lowest BCUT2D eigenvalue weighted by Gasteiger charge is -2.19. The minimum Gasteiger partial charge on any atom is -0.399 e. The fourth-order valence-corrected chi connectivity index (χ4v) is 2.03. The van der Waals surface area contributed by atoms with E-state index in [1.807, 2.05) is 13.0 Å². The molecule has 0 aliphatic rings. The van der Waals surface area contributed by atoms with E-state index in [0.29, 0.717) is 17.2 Å². The third-order valence-corrected chi connectivity index (χ3v) is 3.30. The van der Waals surface area contributed by atoms with E-state index in [9.17, 15) is 14.9 Å². The third-order valence-electron chi connectivity index (χ3n) is 3.30. The van der Waals surface area contributed by atoms with Crippen LogP contribution in [0.15, 0.2) is 54.4 Å². The first-order valence-corrected chi connectivity index (χ1v) is 7.42. The summed E-state index contributed by atoms with van der Waals surface area (Å²) in [5, 5.41) is 12.1. The SMILES string of the molecule is CC(=O)N(C(=O)/C(C#N)=C\Nc1ccc(C)cn1)c1ccc(N)cc1. The first-order chi connectivity index (χ1) is 11.9. The lowest BCUT2D eigenvalue weighted by molar-refractivity contribution is -0.123. The highest BCUT2D eigenvalue weighted by Gasteiger charge is 2.23. The van der Waals surface area contributed by atoms with Crippen molar-refractivity contribution in [1.29, 1.82) is 5.26 Å². The molecule has 2 amide bonds. The Morgan fingerprint density at radius 3 is 2.44 bits per heavy atom. The lowest BCUT2D eigenvalue weighted by Crippen LogP contribution is -2.36. The van der Waals surface area contributed by atoms with Crippen LogP contribution in [-0.4, -0.2) is 16.8 Å². The molecular formula is C18H17N5O2. The average Bonchev–Trinajstić information content (AvgIpc) is 2.58. The maximum Gasteiger partial charge on any atom is 0.277 e. The summed E-state index contributed by atoms with van der Waals surface area (Å²) in [6.07, 6.45) is 2.88. The van der Waals surface area contributed by atoms with Crippen molar-refractivity contribution in [2.24, 2.45) is 0 Å². The van der Waals surface area contributed by atoms with Gasteiger partial charge in [0, 0.05) is 25.0 Å². The molecule has 0 spiro atoms. The first-order valence-electron chi connectivity index (χ1n) is 7.42. The second kappa shape index (κ2) is 7.75. The van der Waals surface area contributed by atoms with Gasteiger partial charge in [0.15, 0.2) is 0 Å². The number of aromatic nitrogens is 1. The van der Waals surface area contributed by atoms with Gasteiger partial charge in [0.25, 0.3) is 5.91 Å². The van der Waals surface area contributed by atoms with Gasteiger partial charge in [-0.2, -0.15) is 5.26 Å². The van der Waals surface area contributed by atoms with Gasteiger partial charge in [-0.05, 0) is 42.8 Å². The average molecular weight is 335 g/mol. The fraction of sp³-hybridized carbons (Fsp3) is 0.111. The van der Waals surface area contributed by atoms with Crippen molar-refractivity contribution in [2.75, 3.05) is 16.0 Å². The van der Waals surface area contributed by atoms with E-state index in [2.05, 4.69) is 10.3 Å². The van der Waals surface area contributed by atoms with Gasteiger partial charge in [-0.25, -0.2) is 9.88 Å². The summed E-state index contributed by atoms with van der Waals surface area (Å²) in [7, 11) is 0. The Morgan fingerprint density at radius 2 is 1.92 bits per heavy atom. The lowest BCUT2D eigenvalue weighted by atomic mass is 10.2. The van der Waals surface area contributed by atoms with Gasteiger partial charge >= 0.3 is 0 Å². The summed E-state index contributed by atoms with van der Waals surface area (Å²) < 4.78 is 0. The van der Waals surface area contributed by atoms with E-state index in [4.69, 9.17) is 5.73 Å². The minimum atomic E-state index is -0.737. The van der Waals surface area contributed by atoms with E-state index in [0.717, 1.165) is 10.5 Å². The van der Waals surface area contributed by atoms with Gasteiger partial charge in [-0.15, -0.1) is 0 Å². The van der Waals surface area contributed by atoms with Gasteiger partial charge in [0.05, 0.1) is 5.69 Å². The predicted octanol–water partition coefficient (Wildman–Crippen LogP) is 2.37. The molecule has 25 heavy (non-hydrogen) atoms. The highest BCUT2D eigenvalue weighted by atomic mass is 16.2. The van der Waals surface area contributed by atoms with E-state index in [-0.39, 0.29) is 5.57 Å². The Balaban J connectivity index is 2.27. The van der Waals surface area contributed by atoms with Crippen LogP contribution in [0.1, 0.15) is 12.5 Å². The largest absolute Gasteiger partial charge is 0.399 e. The van der Waals surface area contributed by atoms with Crippen LogP contribution in [0.3, 0.4) is 0 Å². The molecule has 1 aromatic carbocycles. The molecule has 0 saturated heterocycles. The molecule has 0 atom stereocenters. The summed E-state index contributed by atoms with van der Waals surface area (Å²) >= 11 is 0. The van der Waals surface area contributed by atoms with Crippen molar-refractivity contribution < 1.29 is 9.59 Å². The normalized spacial score (nSPS) is 10.7. The van der Waals surface area contributed by atoms with Gasteiger partial charge in [0.1, 0.15) is 17.5 Å². The molecule has 0 fully saturated rings. The number of nitrogens with two attached hydrogens (primary N) is 1. The molecule has 0 bridgehead atoms. The molecule has 2 aromatic rings. The fourth-order valence-electron chi connectivity index (χ4n) is 2.03. The Bertz CT molecular complexity index is 849. The van der Waals surface area contributed by atoms with Crippen molar-refractivity contribution in [2.45, 2.75) is 13.8 Å². The van der Waals surface area contributed by atoms with Gasteiger partial charge in [-0.1, -0.05) is 6.07 Å². The number of aryl methyl sites for hydroxylation is 1. The van der Waals surface area contributed by atoms with E-state index in [1.54, 1.807) is 42.6 Å². The topological polar surface area (TPSA) is 112 Å². The molecule has 3 N–H and O–H groups in total. The second-order valence-electron chi connectivity index (χ2n) is 5.29. The van der Waals surface area contributed by atoms with E-state index in [1.165, 1.54) is 13.1 Å². The molecule has 2 rings (SSSR count). The summed E-state index contributed by atoms with van der Waals surface area (Å²) in [5.41, 5.74) is 7.21. The highest BCUT2D eigenvalue weighted by molar-refractivity contribution is 6.21. The zero-order valence-corrected chi connectivity index (χ0v) is 13.9. The Labute approximate surface area is 145 Å². The van der Waals surface area contributed by atoms with Gasteiger partial charge in [-0.3, -0.25) is 9.59 Å². The Hall–Kier alpha value is -3.66. The van der Waals surface area contributed by atoms with Crippen LogP contribution in [0.5, 0.6) is 0 Å². The standard InChI is InChI=1S/C18H17N5O2/c1-12-3-8-17(21-10-12)22-11-14(9-19)18(25)23(13(2)24)16-6-4-15(20)5-7-16/h3-8,10-11H,20H2,1-2H3,(H,21,22)/b14-11-. The van der Waals surface area contributed by atoms with Gasteiger partial charge < -0.3 is 11.1 Å². The molecule has 1 heterocycles. The van der Waals surface area contributed by atoms with Crippen LogP contribution in [0.2, 0.25) is 0 Å². The predicted molar refractivity (Wildman–Crippen MR) is 95.3 cm³/mol. The van der Waals surface area contributed by atoms with Crippen LogP contribution >= 0.6 is 0 Å². The summed E-state index contributed by atoms with van der Waals surface area (Å²) in [6.45, 7) is 3.15. The number of nitrogen functional groups attached to an aromatic ring is 1. The van der Waals surface area contributed by atoms with Crippen LogP contribution in [0, 0.1) is 18.3 Å². The van der Waals surface area contributed by atoms with Crippen LogP contribution in [0.4, 0.5) is 17.2 Å². The molecule has 0 aliphatic heterocycles. The summed E-state index contributed by atoms with van der Waals surface area (Å²) in [4.78, 5) is 29.5. The minimum absolute atomic E-state index is 0.227. The zero-order chi connectivity index (χ0) is 18.4. The molecule has 0 saturated carbocycles. The van der Waals surface area contributed by atoms with Crippen molar-refractivity contribution in [1.82, 2.24) is 4.98 Å². The Kier molecular flexibility index (Phi) is 5.48. The Morgan fingerprint density at radius 1 is 1.24 bits per heavy atom. The molecule has 7 nitrogen and oxygen atoms in total. The quantitative estimate of drug-likeness (QED) is 0.504. The summed E-state index contributed by atoms with van der Waals surface area (Å²) in [5.74, 6) is -0.767. The second-order valence-corrected chi connectivity index (χ2v) is 5.29. The number of pyridine rings is 1. The molecule has 126 valence electrons. The first kappa shape index (κ1) is 17.7. The molecule has 0 radical (unpaired) electrons. The van der Waals surface area contributed by atoms with Crippen molar-refractivity contribution in [3.05, 3.63) is 59.9 Å². The van der Waals surface area contributed by atoms with Crippen molar-refractivity contribution in [3.8, 4) is 6.07 Å². The van der Waals surface area contributed by atoms with Crippen LogP contribution < -0.4 is 16.0 Å². The van der Waals surface area contributed by atoms with Gasteiger partial charge in [0.2, 0.25) is 5.91 Å².